The van der Waals surface area contributed by atoms with Crippen molar-refractivity contribution in [2.24, 2.45) is 5.92 Å². The predicted octanol–water partition coefficient (Wildman–Crippen LogP) is 3.03. The van der Waals surface area contributed by atoms with Crippen LogP contribution in [-0.4, -0.2) is 40.1 Å². The number of amides is 1. The van der Waals surface area contributed by atoms with Crippen molar-refractivity contribution >= 4 is 5.91 Å². The monoisotopic (exact) mass is 342 g/mol. The van der Waals surface area contributed by atoms with Crippen LogP contribution in [0.2, 0.25) is 0 Å². The molecule has 0 saturated carbocycles. The minimum Gasteiger partial charge on any atom is -0.419 e. The summed E-state index contributed by atoms with van der Waals surface area (Å²) in [5.74, 6) is 1.45. The molecule has 25 heavy (non-hydrogen) atoms. The lowest BCUT2D eigenvalue weighted by molar-refractivity contribution is -0.135. The third-order valence-electron chi connectivity index (χ3n) is 4.62. The summed E-state index contributed by atoms with van der Waals surface area (Å²) in [5.41, 5.74) is 0.925. The minimum atomic E-state index is -0.0117. The van der Waals surface area contributed by atoms with Gasteiger partial charge >= 0.3 is 0 Å². The van der Waals surface area contributed by atoms with Gasteiger partial charge in [-0.05, 0) is 31.9 Å². The van der Waals surface area contributed by atoms with Crippen molar-refractivity contribution < 1.29 is 9.21 Å². The fourth-order valence-electron chi connectivity index (χ4n) is 3.16. The summed E-state index contributed by atoms with van der Waals surface area (Å²) < 4.78 is 5.81. The Morgan fingerprint density at radius 3 is 2.48 bits per heavy atom. The number of nitrogens with one attached hydrogen (secondary N) is 1. The zero-order valence-electron chi connectivity index (χ0n) is 15.1. The van der Waals surface area contributed by atoms with E-state index in [9.17, 15) is 4.79 Å². The zero-order valence-corrected chi connectivity index (χ0v) is 15.1. The van der Waals surface area contributed by atoms with Gasteiger partial charge in [-0.15, -0.1) is 10.2 Å². The van der Waals surface area contributed by atoms with Gasteiger partial charge in [0.25, 0.3) is 0 Å². The van der Waals surface area contributed by atoms with E-state index in [-0.39, 0.29) is 17.9 Å². The summed E-state index contributed by atoms with van der Waals surface area (Å²) in [7, 11) is 0. The Morgan fingerprint density at radius 1 is 1.16 bits per heavy atom. The van der Waals surface area contributed by atoms with Crippen LogP contribution in [-0.2, 0) is 4.79 Å². The molecular weight excluding hydrogens is 316 g/mol. The van der Waals surface area contributed by atoms with E-state index in [0.29, 0.717) is 17.8 Å². The average molecular weight is 342 g/mol. The van der Waals surface area contributed by atoms with Crippen molar-refractivity contribution in [1.29, 1.82) is 0 Å². The Balaban J connectivity index is 1.54. The van der Waals surface area contributed by atoms with E-state index in [0.717, 1.165) is 31.5 Å². The van der Waals surface area contributed by atoms with Gasteiger partial charge in [0.1, 0.15) is 0 Å². The molecule has 0 bridgehead atoms. The highest BCUT2D eigenvalue weighted by Gasteiger charge is 2.26. The third kappa shape index (κ3) is 4.25. The topological polar surface area (TPSA) is 71.3 Å². The highest BCUT2D eigenvalue weighted by Crippen LogP contribution is 2.22. The normalized spacial score (nSPS) is 17.0. The van der Waals surface area contributed by atoms with Crippen LogP contribution >= 0.6 is 0 Å². The van der Waals surface area contributed by atoms with Crippen LogP contribution < -0.4 is 5.32 Å². The first kappa shape index (κ1) is 17.6. The predicted molar refractivity (Wildman–Crippen MR) is 95.7 cm³/mol. The Kier molecular flexibility index (Phi) is 5.48. The summed E-state index contributed by atoms with van der Waals surface area (Å²) in [6, 6.07) is 10.1. The number of benzene rings is 1. The maximum Gasteiger partial charge on any atom is 0.247 e. The van der Waals surface area contributed by atoms with Crippen LogP contribution in [0.3, 0.4) is 0 Å². The summed E-state index contributed by atoms with van der Waals surface area (Å²) in [5, 5.41) is 11.9. The number of carbonyl (C=O) groups is 1. The number of piperidine rings is 1. The molecule has 3 rings (SSSR count). The molecule has 6 heteroatoms. The quantitative estimate of drug-likeness (QED) is 0.904. The molecular formula is C19H26N4O2. The molecule has 1 unspecified atom stereocenters. The molecule has 1 atom stereocenters. The molecule has 1 saturated heterocycles. The number of hydrogen-bond donors (Lipinski definition) is 1. The number of likely N-dealkylation sites (tertiary alicyclic amines) is 1. The Morgan fingerprint density at radius 2 is 1.84 bits per heavy atom. The van der Waals surface area contributed by atoms with E-state index in [4.69, 9.17) is 4.42 Å². The van der Waals surface area contributed by atoms with Gasteiger partial charge in [-0.25, -0.2) is 0 Å². The maximum atomic E-state index is 12.1. The molecule has 134 valence electrons. The second kappa shape index (κ2) is 7.78. The van der Waals surface area contributed by atoms with Gasteiger partial charge < -0.3 is 14.6 Å². The number of aromatic nitrogens is 2. The number of rotatable bonds is 5. The van der Waals surface area contributed by atoms with Gasteiger partial charge in [0, 0.05) is 30.6 Å². The Hall–Kier alpha value is -2.21. The molecule has 0 aliphatic carbocycles. The lowest BCUT2D eigenvalue weighted by atomic mass is 10.0. The van der Waals surface area contributed by atoms with E-state index >= 15 is 0 Å². The number of carbonyl (C=O) groups excluding carboxylic acids is 1. The second-order valence-corrected chi connectivity index (χ2v) is 6.95. The van der Waals surface area contributed by atoms with Gasteiger partial charge in [0.05, 0.1) is 6.04 Å². The number of nitrogens with zero attached hydrogens (tertiary/aromatic N) is 3. The van der Waals surface area contributed by atoms with E-state index < -0.39 is 0 Å². The van der Waals surface area contributed by atoms with Crippen molar-refractivity contribution in [3.05, 3.63) is 36.2 Å². The molecule has 1 aromatic heterocycles. The fourth-order valence-corrected chi connectivity index (χ4v) is 3.16. The van der Waals surface area contributed by atoms with Crippen molar-refractivity contribution in [1.82, 2.24) is 20.4 Å². The Bertz CT molecular complexity index is 690. The van der Waals surface area contributed by atoms with Crippen LogP contribution in [0.15, 0.2) is 34.7 Å². The van der Waals surface area contributed by atoms with Crippen LogP contribution in [0.4, 0.5) is 0 Å². The first-order chi connectivity index (χ1) is 12.0. The molecule has 2 aromatic rings. The second-order valence-electron chi connectivity index (χ2n) is 6.95. The summed E-state index contributed by atoms with van der Waals surface area (Å²) in [4.78, 5) is 14.0. The summed E-state index contributed by atoms with van der Waals surface area (Å²) in [6.45, 7) is 7.55. The van der Waals surface area contributed by atoms with E-state index in [2.05, 4.69) is 15.5 Å². The summed E-state index contributed by atoms with van der Waals surface area (Å²) >= 11 is 0. The molecule has 0 radical (unpaired) electrons. The van der Waals surface area contributed by atoms with E-state index in [1.807, 2.05) is 56.0 Å². The smallest absolute Gasteiger partial charge is 0.247 e. The first-order valence-corrected chi connectivity index (χ1v) is 8.98. The molecule has 1 fully saturated rings. The first-order valence-electron chi connectivity index (χ1n) is 8.98. The minimum absolute atomic E-state index is 0.0117. The van der Waals surface area contributed by atoms with Gasteiger partial charge in [0.15, 0.2) is 0 Å². The molecule has 0 spiro atoms. The molecule has 1 aromatic carbocycles. The molecule has 1 aliphatic rings. The van der Waals surface area contributed by atoms with Crippen molar-refractivity contribution in [2.45, 2.75) is 45.7 Å². The SMILES string of the molecule is CC(C)C(=O)N1CCC(NC(C)c2nnc(-c3ccccc3)o2)CC1. The molecule has 6 nitrogen and oxygen atoms in total. The van der Waals surface area contributed by atoms with E-state index in [1.165, 1.54) is 0 Å². The van der Waals surface area contributed by atoms with Gasteiger partial charge in [-0.2, -0.15) is 0 Å². The van der Waals surface area contributed by atoms with Crippen LogP contribution in [0, 0.1) is 5.92 Å². The highest BCUT2D eigenvalue weighted by atomic mass is 16.4. The van der Waals surface area contributed by atoms with Crippen LogP contribution in [0.1, 0.15) is 45.5 Å². The molecule has 1 N–H and O–H groups in total. The largest absolute Gasteiger partial charge is 0.419 e. The maximum absolute atomic E-state index is 12.1. The third-order valence-corrected chi connectivity index (χ3v) is 4.62. The van der Waals surface area contributed by atoms with Crippen molar-refractivity contribution in [3.8, 4) is 11.5 Å². The van der Waals surface area contributed by atoms with Gasteiger partial charge in [0.2, 0.25) is 17.7 Å². The molecule has 1 aliphatic heterocycles. The average Bonchev–Trinajstić information content (AvgIpc) is 3.13. The lowest BCUT2D eigenvalue weighted by Gasteiger charge is -2.34. The number of hydrogen-bond acceptors (Lipinski definition) is 5. The zero-order chi connectivity index (χ0) is 17.8. The van der Waals surface area contributed by atoms with E-state index in [1.54, 1.807) is 0 Å². The van der Waals surface area contributed by atoms with Crippen LogP contribution in [0.25, 0.3) is 11.5 Å². The fraction of sp³-hybridized carbons (Fsp3) is 0.526. The van der Waals surface area contributed by atoms with Gasteiger partial charge in [-0.1, -0.05) is 32.0 Å². The lowest BCUT2D eigenvalue weighted by Crippen LogP contribution is -2.46. The summed E-state index contributed by atoms with van der Waals surface area (Å²) in [6.07, 6.45) is 1.89. The molecule has 2 heterocycles. The van der Waals surface area contributed by atoms with Crippen molar-refractivity contribution in [2.75, 3.05) is 13.1 Å². The highest BCUT2D eigenvalue weighted by molar-refractivity contribution is 5.78. The van der Waals surface area contributed by atoms with Crippen LogP contribution in [0.5, 0.6) is 0 Å². The molecule has 1 amide bonds. The Labute approximate surface area is 148 Å². The van der Waals surface area contributed by atoms with Gasteiger partial charge in [-0.3, -0.25) is 4.79 Å². The van der Waals surface area contributed by atoms with Crippen molar-refractivity contribution in [3.63, 3.8) is 0 Å². The standard InChI is InChI=1S/C19H26N4O2/c1-13(2)19(24)23-11-9-16(10-12-23)20-14(3)17-21-22-18(25-17)15-7-5-4-6-8-15/h4-8,13-14,16,20H,9-12H2,1-3H3.